The van der Waals surface area contributed by atoms with E-state index in [0.717, 1.165) is 44.3 Å². The highest BCUT2D eigenvalue weighted by atomic mass is 35.5. The number of hydrogen-bond acceptors (Lipinski definition) is 4. The third kappa shape index (κ3) is 6.08. The van der Waals surface area contributed by atoms with Crippen LogP contribution in [0.3, 0.4) is 0 Å². The first-order valence-corrected chi connectivity index (χ1v) is 14.4. The van der Waals surface area contributed by atoms with Crippen molar-refractivity contribution in [2.45, 2.75) is 69.5 Å². The van der Waals surface area contributed by atoms with Crippen LogP contribution in [0.1, 0.15) is 61.4 Å². The molecule has 0 unspecified atom stereocenters. The van der Waals surface area contributed by atoms with Gasteiger partial charge in [-0.2, -0.15) is 0 Å². The van der Waals surface area contributed by atoms with Gasteiger partial charge in [-0.3, -0.25) is 14.5 Å². The summed E-state index contributed by atoms with van der Waals surface area (Å²) < 4.78 is 27.2. The van der Waals surface area contributed by atoms with E-state index in [1.165, 1.54) is 6.20 Å². The van der Waals surface area contributed by atoms with Crippen molar-refractivity contribution < 1.29 is 18.4 Å². The standard InChI is InChI=1S/C29H34Cl2F2N4O2/c1-28(10-15-35(16-11-28)27(39)24-23(30)7-12-34-25(24)31)36-13-8-22(9-14-36)37(19-20-5-3-2-4-6-20)26(38)21-17-29(32,33)18-21/h2-7,12,21-22H,8-11,13-19H2,1H3. The highest BCUT2D eigenvalue weighted by Gasteiger charge is 2.50. The molecular formula is C29H34Cl2F2N4O2. The van der Waals surface area contributed by atoms with Crippen molar-refractivity contribution in [1.82, 2.24) is 19.7 Å². The summed E-state index contributed by atoms with van der Waals surface area (Å²) in [5, 5.41) is 0.416. The summed E-state index contributed by atoms with van der Waals surface area (Å²) in [7, 11) is 0. The molecule has 0 bridgehead atoms. The Morgan fingerprint density at radius 2 is 1.67 bits per heavy atom. The first-order chi connectivity index (χ1) is 18.6. The molecule has 0 atom stereocenters. The molecule has 2 aliphatic heterocycles. The number of alkyl halides is 2. The Hall–Kier alpha value is -2.29. The van der Waals surface area contributed by atoms with Gasteiger partial charge in [0, 0.05) is 69.3 Å². The van der Waals surface area contributed by atoms with E-state index >= 15 is 0 Å². The van der Waals surface area contributed by atoms with Gasteiger partial charge in [0.25, 0.3) is 5.91 Å². The molecule has 3 fully saturated rings. The van der Waals surface area contributed by atoms with Crippen LogP contribution in [0.15, 0.2) is 42.6 Å². The van der Waals surface area contributed by atoms with Gasteiger partial charge in [0.2, 0.25) is 11.8 Å². The van der Waals surface area contributed by atoms with E-state index in [0.29, 0.717) is 24.7 Å². The molecule has 2 amide bonds. The summed E-state index contributed by atoms with van der Waals surface area (Å²) in [5.74, 6) is -3.66. The third-order valence-electron chi connectivity index (χ3n) is 8.78. The molecule has 0 spiro atoms. The molecule has 39 heavy (non-hydrogen) atoms. The van der Waals surface area contributed by atoms with Crippen molar-refractivity contribution in [3.63, 3.8) is 0 Å². The van der Waals surface area contributed by atoms with E-state index < -0.39 is 11.8 Å². The van der Waals surface area contributed by atoms with Crippen LogP contribution in [0, 0.1) is 5.92 Å². The van der Waals surface area contributed by atoms with Crippen molar-refractivity contribution in [1.29, 1.82) is 0 Å². The Bertz CT molecular complexity index is 1170. The van der Waals surface area contributed by atoms with Crippen molar-refractivity contribution >= 4 is 35.0 Å². The molecule has 0 N–H and O–H groups in total. The third-order valence-corrected chi connectivity index (χ3v) is 9.38. The van der Waals surface area contributed by atoms with E-state index in [-0.39, 0.29) is 47.0 Å². The predicted molar refractivity (Wildman–Crippen MR) is 147 cm³/mol. The quantitative estimate of drug-likeness (QED) is 0.399. The lowest BCUT2D eigenvalue weighted by molar-refractivity contribution is -0.163. The Morgan fingerprint density at radius 1 is 1.03 bits per heavy atom. The summed E-state index contributed by atoms with van der Waals surface area (Å²) in [6.07, 6.45) is 3.99. The zero-order valence-corrected chi connectivity index (χ0v) is 23.6. The van der Waals surface area contributed by atoms with Gasteiger partial charge >= 0.3 is 0 Å². The lowest BCUT2D eigenvalue weighted by Crippen LogP contribution is -2.59. The number of aromatic nitrogens is 1. The molecule has 1 saturated carbocycles. The van der Waals surface area contributed by atoms with Crippen LogP contribution in [0.5, 0.6) is 0 Å². The van der Waals surface area contributed by atoms with Crippen molar-refractivity contribution in [2.24, 2.45) is 5.92 Å². The van der Waals surface area contributed by atoms with Gasteiger partial charge in [-0.25, -0.2) is 13.8 Å². The van der Waals surface area contributed by atoms with Gasteiger partial charge in [-0.15, -0.1) is 0 Å². The second-order valence-electron chi connectivity index (χ2n) is 11.4. The lowest BCUT2D eigenvalue weighted by Gasteiger charge is -2.50. The van der Waals surface area contributed by atoms with Crippen LogP contribution in [0.4, 0.5) is 8.78 Å². The smallest absolute Gasteiger partial charge is 0.258 e. The maximum Gasteiger partial charge on any atom is 0.258 e. The second-order valence-corrected chi connectivity index (χ2v) is 12.1. The Balaban J connectivity index is 1.20. The van der Waals surface area contributed by atoms with Crippen LogP contribution < -0.4 is 0 Å². The zero-order chi connectivity index (χ0) is 27.8. The SMILES string of the molecule is CC1(N2CCC(N(Cc3ccccc3)C(=O)C3CC(F)(F)C3)CC2)CCN(C(=O)c2c(Cl)ccnc2Cl)CC1. The van der Waals surface area contributed by atoms with E-state index in [2.05, 4.69) is 16.8 Å². The molecule has 5 rings (SSSR count). The van der Waals surface area contributed by atoms with E-state index in [1.54, 1.807) is 11.0 Å². The molecule has 2 saturated heterocycles. The van der Waals surface area contributed by atoms with Crippen molar-refractivity contribution in [3.05, 3.63) is 63.9 Å². The van der Waals surface area contributed by atoms with Gasteiger partial charge in [0.05, 0.1) is 10.6 Å². The van der Waals surface area contributed by atoms with Gasteiger partial charge in [0.15, 0.2) is 0 Å². The number of carbonyl (C=O) groups is 2. The number of amides is 2. The highest BCUT2D eigenvalue weighted by molar-refractivity contribution is 6.38. The number of rotatable bonds is 6. The minimum Gasteiger partial charge on any atom is -0.338 e. The summed E-state index contributed by atoms with van der Waals surface area (Å²) in [5.41, 5.74) is 1.18. The fourth-order valence-electron chi connectivity index (χ4n) is 6.23. The number of pyridine rings is 1. The average Bonchev–Trinajstić information content (AvgIpc) is 2.91. The predicted octanol–water partition coefficient (Wildman–Crippen LogP) is 5.92. The molecule has 3 heterocycles. The van der Waals surface area contributed by atoms with Gasteiger partial charge in [-0.1, -0.05) is 53.5 Å². The molecule has 6 nitrogen and oxygen atoms in total. The number of likely N-dealkylation sites (tertiary alicyclic amines) is 2. The lowest BCUT2D eigenvalue weighted by atomic mass is 9.79. The molecule has 3 aliphatic rings. The minimum atomic E-state index is -2.72. The molecule has 210 valence electrons. The monoisotopic (exact) mass is 578 g/mol. The molecule has 1 aliphatic carbocycles. The largest absolute Gasteiger partial charge is 0.338 e. The highest BCUT2D eigenvalue weighted by Crippen LogP contribution is 2.44. The first kappa shape index (κ1) is 28.2. The summed E-state index contributed by atoms with van der Waals surface area (Å²) in [4.78, 5) is 36.6. The Labute approximate surface area is 238 Å². The number of nitrogens with zero attached hydrogens (tertiary/aromatic N) is 4. The van der Waals surface area contributed by atoms with Crippen LogP contribution in [-0.4, -0.2) is 75.2 Å². The van der Waals surface area contributed by atoms with Gasteiger partial charge in [0.1, 0.15) is 5.15 Å². The number of piperidine rings is 2. The first-order valence-electron chi connectivity index (χ1n) is 13.6. The van der Waals surface area contributed by atoms with Crippen LogP contribution >= 0.6 is 23.2 Å². The second kappa shape index (κ2) is 11.3. The fourth-order valence-corrected chi connectivity index (χ4v) is 6.74. The fraction of sp³-hybridized carbons (Fsp3) is 0.552. The van der Waals surface area contributed by atoms with Crippen molar-refractivity contribution in [3.8, 4) is 0 Å². The van der Waals surface area contributed by atoms with E-state index in [9.17, 15) is 18.4 Å². The molecule has 2 aromatic rings. The molecule has 1 aromatic heterocycles. The summed E-state index contributed by atoms with van der Waals surface area (Å²) in [6, 6.07) is 11.3. The van der Waals surface area contributed by atoms with Crippen molar-refractivity contribution in [2.75, 3.05) is 26.2 Å². The zero-order valence-electron chi connectivity index (χ0n) is 22.1. The molecule has 0 radical (unpaired) electrons. The number of hydrogen-bond donors (Lipinski definition) is 0. The summed E-state index contributed by atoms with van der Waals surface area (Å²) in [6.45, 7) is 5.49. The number of carbonyl (C=O) groups excluding carboxylic acids is 2. The topological polar surface area (TPSA) is 56.8 Å². The van der Waals surface area contributed by atoms with Gasteiger partial charge in [-0.05, 0) is 44.2 Å². The van der Waals surface area contributed by atoms with E-state index in [1.807, 2.05) is 35.2 Å². The van der Waals surface area contributed by atoms with Gasteiger partial charge < -0.3 is 9.80 Å². The minimum absolute atomic E-state index is 0.0170. The summed E-state index contributed by atoms with van der Waals surface area (Å²) >= 11 is 12.4. The Kier molecular flexibility index (Phi) is 8.18. The average molecular weight is 580 g/mol. The molecule has 1 aromatic carbocycles. The normalized spacial score (nSPS) is 21.8. The van der Waals surface area contributed by atoms with Crippen LogP contribution in [0.2, 0.25) is 10.2 Å². The number of halogens is 4. The van der Waals surface area contributed by atoms with E-state index in [4.69, 9.17) is 23.2 Å². The maximum atomic E-state index is 13.6. The number of benzene rings is 1. The van der Waals surface area contributed by atoms with Crippen LogP contribution in [0.25, 0.3) is 0 Å². The Morgan fingerprint density at radius 3 is 2.26 bits per heavy atom. The van der Waals surface area contributed by atoms with Crippen LogP contribution in [-0.2, 0) is 11.3 Å². The molecule has 10 heteroatoms. The maximum absolute atomic E-state index is 13.6. The molecular weight excluding hydrogens is 545 g/mol.